The summed E-state index contributed by atoms with van der Waals surface area (Å²) in [6.45, 7) is 0. The fourth-order valence-corrected chi connectivity index (χ4v) is 3.10. The van der Waals surface area contributed by atoms with Crippen LogP contribution in [-0.2, 0) is 0 Å². The molecule has 3 rings (SSSR count). The number of nitriles is 1. The van der Waals surface area contributed by atoms with Gasteiger partial charge >= 0.3 is 0 Å². The maximum absolute atomic E-state index is 9.42. The van der Waals surface area contributed by atoms with Crippen LogP contribution in [0.2, 0.25) is 5.02 Å². The molecule has 1 aliphatic carbocycles. The summed E-state index contributed by atoms with van der Waals surface area (Å²) < 4.78 is 1.85. The molecule has 0 amide bonds. The highest BCUT2D eigenvalue weighted by Gasteiger charge is 2.23. The van der Waals surface area contributed by atoms with Crippen LogP contribution in [0.3, 0.4) is 0 Å². The van der Waals surface area contributed by atoms with E-state index in [1.807, 2.05) is 16.8 Å². The van der Waals surface area contributed by atoms with Crippen LogP contribution in [0.4, 0.5) is 5.82 Å². The zero-order valence-electron chi connectivity index (χ0n) is 11.7. The lowest BCUT2D eigenvalue weighted by Gasteiger charge is -2.22. The first kappa shape index (κ1) is 14.0. The largest absolute Gasteiger partial charge is 0.383 e. The first-order valence-electron chi connectivity index (χ1n) is 7.24. The van der Waals surface area contributed by atoms with Crippen molar-refractivity contribution < 1.29 is 0 Å². The zero-order valence-corrected chi connectivity index (χ0v) is 12.5. The number of hydrogen-bond acceptors (Lipinski definition) is 3. The van der Waals surface area contributed by atoms with Crippen molar-refractivity contribution in [3.05, 3.63) is 34.9 Å². The molecule has 5 heteroatoms. The van der Waals surface area contributed by atoms with Crippen molar-refractivity contribution in [2.45, 2.75) is 38.1 Å². The van der Waals surface area contributed by atoms with Gasteiger partial charge < -0.3 is 5.73 Å². The summed E-state index contributed by atoms with van der Waals surface area (Å²) in [6, 6.07) is 9.85. The smallest absolute Gasteiger partial charge is 0.140 e. The quantitative estimate of drug-likeness (QED) is 0.905. The van der Waals surface area contributed by atoms with E-state index in [0.29, 0.717) is 28.1 Å². The minimum absolute atomic E-state index is 0.312. The molecule has 108 valence electrons. The number of nitrogen functional groups attached to an aromatic ring is 1. The van der Waals surface area contributed by atoms with E-state index >= 15 is 0 Å². The fourth-order valence-electron chi connectivity index (χ4n) is 2.97. The van der Waals surface area contributed by atoms with Gasteiger partial charge in [0.05, 0.1) is 6.04 Å². The first-order chi connectivity index (χ1) is 10.2. The number of halogens is 1. The predicted octanol–water partition coefficient (Wildman–Crippen LogP) is 4.16. The van der Waals surface area contributed by atoms with Crippen LogP contribution in [-0.4, -0.2) is 9.78 Å². The van der Waals surface area contributed by atoms with Crippen LogP contribution < -0.4 is 5.73 Å². The molecule has 0 spiro atoms. The second-order valence-corrected chi connectivity index (χ2v) is 5.90. The Hall–Kier alpha value is -1.99. The Morgan fingerprint density at radius 2 is 1.86 bits per heavy atom. The van der Waals surface area contributed by atoms with Crippen molar-refractivity contribution in [2.75, 3.05) is 5.73 Å². The molecule has 2 aromatic rings. The molecule has 1 heterocycles. The van der Waals surface area contributed by atoms with Gasteiger partial charge in [0.15, 0.2) is 0 Å². The average Bonchev–Trinajstić information content (AvgIpc) is 2.85. The molecule has 1 aromatic carbocycles. The highest BCUT2D eigenvalue weighted by molar-refractivity contribution is 6.30. The van der Waals surface area contributed by atoms with E-state index in [2.05, 4.69) is 11.2 Å². The van der Waals surface area contributed by atoms with Crippen LogP contribution >= 0.6 is 11.6 Å². The number of nitrogens with zero attached hydrogens (tertiary/aromatic N) is 3. The third-order valence-corrected chi connectivity index (χ3v) is 4.35. The van der Waals surface area contributed by atoms with Gasteiger partial charge in [0, 0.05) is 10.6 Å². The normalized spacial score (nSPS) is 15.8. The monoisotopic (exact) mass is 300 g/mol. The number of anilines is 1. The molecule has 1 aromatic heterocycles. The highest BCUT2D eigenvalue weighted by Crippen LogP contribution is 2.34. The maximum Gasteiger partial charge on any atom is 0.140 e. The molecule has 0 saturated heterocycles. The zero-order chi connectivity index (χ0) is 14.8. The van der Waals surface area contributed by atoms with E-state index in [1.165, 1.54) is 19.3 Å². The van der Waals surface area contributed by atoms with Crippen LogP contribution in [0.25, 0.3) is 11.3 Å². The van der Waals surface area contributed by atoms with Gasteiger partial charge in [0.2, 0.25) is 0 Å². The number of rotatable bonds is 2. The standard InChI is InChI=1S/C16H17ClN4/c17-12-8-6-11(7-9-12)15-14(10-18)16(19)21(20-15)13-4-2-1-3-5-13/h6-9,13H,1-5,19H2. The van der Waals surface area contributed by atoms with Crippen molar-refractivity contribution in [1.29, 1.82) is 5.26 Å². The second kappa shape index (κ2) is 5.79. The minimum Gasteiger partial charge on any atom is -0.383 e. The van der Waals surface area contributed by atoms with Crippen molar-refractivity contribution in [3.8, 4) is 17.3 Å². The molecule has 1 saturated carbocycles. The van der Waals surface area contributed by atoms with Crippen molar-refractivity contribution in [3.63, 3.8) is 0 Å². The fraction of sp³-hybridized carbons (Fsp3) is 0.375. The number of benzene rings is 1. The summed E-state index contributed by atoms with van der Waals surface area (Å²) in [5.41, 5.74) is 8.15. The van der Waals surface area contributed by atoms with Crippen molar-refractivity contribution >= 4 is 17.4 Å². The van der Waals surface area contributed by atoms with Gasteiger partial charge in [-0.15, -0.1) is 0 Å². The van der Waals surface area contributed by atoms with Gasteiger partial charge in [-0.1, -0.05) is 43.0 Å². The molecule has 0 bridgehead atoms. The third-order valence-electron chi connectivity index (χ3n) is 4.10. The molecule has 0 unspecified atom stereocenters. The molecule has 0 aliphatic heterocycles. The number of hydrogen-bond donors (Lipinski definition) is 1. The summed E-state index contributed by atoms with van der Waals surface area (Å²) in [5.74, 6) is 0.481. The average molecular weight is 301 g/mol. The van der Waals surface area contributed by atoms with E-state index < -0.39 is 0 Å². The Labute approximate surface area is 129 Å². The highest BCUT2D eigenvalue weighted by atomic mass is 35.5. The van der Waals surface area contributed by atoms with E-state index in [4.69, 9.17) is 17.3 Å². The van der Waals surface area contributed by atoms with Crippen LogP contribution in [0.5, 0.6) is 0 Å². The van der Waals surface area contributed by atoms with E-state index in [9.17, 15) is 5.26 Å². The van der Waals surface area contributed by atoms with Gasteiger partial charge in [-0.3, -0.25) is 0 Å². The van der Waals surface area contributed by atoms with Gasteiger partial charge in [-0.05, 0) is 25.0 Å². The molecule has 1 fully saturated rings. The molecule has 1 aliphatic rings. The molecule has 4 nitrogen and oxygen atoms in total. The van der Waals surface area contributed by atoms with E-state index in [0.717, 1.165) is 18.4 Å². The summed E-state index contributed by atoms with van der Waals surface area (Å²) in [5, 5.41) is 14.7. The molecular weight excluding hydrogens is 284 g/mol. The van der Waals surface area contributed by atoms with E-state index in [-0.39, 0.29) is 0 Å². The Bertz CT molecular complexity index is 676. The Balaban J connectivity index is 2.05. The Morgan fingerprint density at radius 3 is 2.48 bits per heavy atom. The maximum atomic E-state index is 9.42. The topological polar surface area (TPSA) is 67.6 Å². The first-order valence-corrected chi connectivity index (χ1v) is 7.62. The number of aromatic nitrogens is 2. The molecule has 0 atom stereocenters. The molecule has 2 N–H and O–H groups in total. The summed E-state index contributed by atoms with van der Waals surface area (Å²) in [4.78, 5) is 0. The second-order valence-electron chi connectivity index (χ2n) is 5.46. The van der Waals surface area contributed by atoms with Crippen LogP contribution in [0, 0.1) is 11.3 Å². The third kappa shape index (κ3) is 2.62. The Morgan fingerprint density at radius 1 is 1.19 bits per heavy atom. The van der Waals surface area contributed by atoms with Gasteiger partial charge in [-0.25, -0.2) is 4.68 Å². The molecule has 0 radical (unpaired) electrons. The summed E-state index contributed by atoms with van der Waals surface area (Å²) in [6.07, 6.45) is 5.82. The van der Waals surface area contributed by atoms with Gasteiger partial charge in [-0.2, -0.15) is 10.4 Å². The summed E-state index contributed by atoms with van der Waals surface area (Å²) >= 11 is 5.92. The summed E-state index contributed by atoms with van der Waals surface area (Å²) in [7, 11) is 0. The van der Waals surface area contributed by atoms with Crippen LogP contribution in [0.1, 0.15) is 43.7 Å². The van der Waals surface area contributed by atoms with Crippen molar-refractivity contribution in [1.82, 2.24) is 9.78 Å². The van der Waals surface area contributed by atoms with Gasteiger partial charge in [0.1, 0.15) is 23.1 Å². The van der Waals surface area contributed by atoms with Crippen LogP contribution in [0.15, 0.2) is 24.3 Å². The predicted molar refractivity (Wildman–Crippen MR) is 83.9 cm³/mol. The SMILES string of the molecule is N#Cc1c(-c2ccc(Cl)cc2)nn(C2CCCCC2)c1N. The van der Waals surface area contributed by atoms with E-state index in [1.54, 1.807) is 12.1 Å². The lowest BCUT2D eigenvalue weighted by Crippen LogP contribution is -2.16. The minimum atomic E-state index is 0.312. The Kier molecular flexibility index (Phi) is 3.85. The lowest BCUT2D eigenvalue weighted by molar-refractivity contribution is 0.333. The number of nitrogens with two attached hydrogens (primary N) is 1. The van der Waals surface area contributed by atoms with Crippen molar-refractivity contribution in [2.24, 2.45) is 0 Å². The molecule has 21 heavy (non-hydrogen) atoms. The lowest BCUT2D eigenvalue weighted by atomic mass is 9.96. The molecular formula is C16H17ClN4. The van der Waals surface area contributed by atoms with Gasteiger partial charge in [0.25, 0.3) is 0 Å².